The van der Waals surface area contributed by atoms with E-state index in [0.717, 1.165) is 6.54 Å². The molecule has 15 heavy (non-hydrogen) atoms. The minimum Gasteiger partial charge on any atom is -0.316 e. The fourth-order valence-corrected chi connectivity index (χ4v) is 2.94. The maximum atomic E-state index is 3.22. The Balaban J connectivity index is 2.40. The molecule has 0 aliphatic heterocycles. The molecule has 1 rings (SSSR count). The standard InChI is InChI=1S/C13H23NS/c1-4-5-6-7-8-13-11(2)12(9-14-3)10-15-13/h10,14H,4-9H2,1-3H3. The van der Waals surface area contributed by atoms with Crippen LogP contribution in [-0.4, -0.2) is 7.05 Å². The Morgan fingerprint density at radius 3 is 2.73 bits per heavy atom. The molecule has 0 aromatic carbocycles. The van der Waals surface area contributed by atoms with Gasteiger partial charge >= 0.3 is 0 Å². The highest BCUT2D eigenvalue weighted by Crippen LogP contribution is 2.23. The van der Waals surface area contributed by atoms with Gasteiger partial charge in [0, 0.05) is 11.4 Å². The van der Waals surface area contributed by atoms with Gasteiger partial charge in [0.2, 0.25) is 0 Å². The Labute approximate surface area is 97.9 Å². The summed E-state index contributed by atoms with van der Waals surface area (Å²) in [6, 6.07) is 0. The van der Waals surface area contributed by atoms with Crippen LogP contribution in [0.2, 0.25) is 0 Å². The van der Waals surface area contributed by atoms with Crippen LogP contribution < -0.4 is 5.32 Å². The number of nitrogens with one attached hydrogen (secondary N) is 1. The molecule has 1 aromatic heterocycles. The van der Waals surface area contributed by atoms with Crippen molar-refractivity contribution in [2.75, 3.05) is 7.05 Å². The van der Waals surface area contributed by atoms with E-state index in [2.05, 4.69) is 24.5 Å². The molecule has 86 valence electrons. The van der Waals surface area contributed by atoms with E-state index in [4.69, 9.17) is 0 Å². The summed E-state index contributed by atoms with van der Waals surface area (Å²) >= 11 is 1.93. The number of thiophene rings is 1. The van der Waals surface area contributed by atoms with E-state index in [1.54, 1.807) is 4.88 Å². The second-order valence-corrected chi connectivity index (χ2v) is 5.11. The van der Waals surface area contributed by atoms with Gasteiger partial charge in [-0.1, -0.05) is 26.2 Å². The van der Waals surface area contributed by atoms with Gasteiger partial charge in [-0.3, -0.25) is 0 Å². The van der Waals surface area contributed by atoms with Gasteiger partial charge < -0.3 is 5.32 Å². The van der Waals surface area contributed by atoms with E-state index >= 15 is 0 Å². The topological polar surface area (TPSA) is 12.0 Å². The van der Waals surface area contributed by atoms with E-state index in [9.17, 15) is 0 Å². The van der Waals surface area contributed by atoms with E-state index in [-0.39, 0.29) is 0 Å². The Kier molecular flexibility index (Phi) is 5.96. The third kappa shape index (κ3) is 3.96. The summed E-state index contributed by atoms with van der Waals surface area (Å²) < 4.78 is 0. The average molecular weight is 225 g/mol. The van der Waals surface area contributed by atoms with Crippen molar-refractivity contribution < 1.29 is 0 Å². The summed E-state index contributed by atoms with van der Waals surface area (Å²) in [5, 5.41) is 5.53. The van der Waals surface area contributed by atoms with E-state index in [1.165, 1.54) is 43.2 Å². The normalized spacial score (nSPS) is 10.9. The predicted octanol–water partition coefficient (Wildman–Crippen LogP) is 3.90. The predicted molar refractivity (Wildman–Crippen MR) is 69.7 cm³/mol. The van der Waals surface area contributed by atoms with Gasteiger partial charge in [-0.2, -0.15) is 0 Å². The number of hydrogen-bond acceptors (Lipinski definition) is 2. The van der Waals surface area contributed by atoms with Gasteiger partial charge in [0.15, 0.2) is 0 Å². The smallest absolute Gasteiger partial charge is 0.0213 e. The van der Waals surface area contributed by atoms with Crippen molar-refractivity contribution in [3.63, 3.8) is 0 Å². The minimum atomic E-state index is 1.01. The van der Waals surface area contributed by atoms with Crippen LogP contribution in [0.4, 0.5) is 0 Å². The van der Waals surface area contributed by atoms with E-state index < -0.39 is 0 Å². The first kappa shape index (κ1) is 12.7. The summed E-state index contributed by atoms with van der Waals surface area (Å²) in [5.74, 6) is 0. The number of rotatable bonds is 7. The molecule has 0 bridgehead atoms. The van der Waals surface area contributed by atoms with Crippen molar-refractivity contribution in [3.8, 4) is 0 Å². The Morgan fingerprint density at radius 1 is 1.27 bits per heavy atom. The highest BCUT2D eigenvalue weighted by Gasteiger charge is 2.05. The zero-order valence-electron chi connectivity index (χ0n) is 10.2. The van der Waals surface area contributed by atoms with Crippen molar-refractivity contribution >= 4 is 11.3 Å². The van der Waals surface area contributed by atoms with Crippen molar-refractivity contribution in [1.29, 1.82) is 0 Å². The van der Waals surface area contributed by atoms with Crippen LogP contribution in [0.25, 0.3) is 0 Å². The van der Waals surface area contributed by atoms with Crippen molar-refractivity contribution in [3.05, 3.63) is 21.4 Å². The molecule has 0 fully saturated rings. The number of unbranched alkanes of at least 4 members (excludes halogenated alkanes) is 3. The number of aryl methyl sites for hydroxylation is 1. The molecule has 0 saturated heterocycles. The zero-order chi connectivity index (χ0) is 11.1. The molecule has 1 heterocycles. The van der Waals surface area contributed by atoms with Gasteiger partial charge in [0.25, 0.3) is 0 Å². The largest absolute Gasteiger partial charge is 0.316 e. The van der Waals surface area contributed by atoms with Gasteiger partial charge in [-0.05, 0) is 43.3 Å². The van der Waals surface area contributed by atoms with E-state index in [1.807, 2.05) is 18.4 Å². The van der Waals surface area contributed by atoms with Gasteiger partial charge in [0.1, 0.15) is 0 Å². The molecule has 1 N–H and O–H groups in total. The number of hydrogen-bond donors (Lipinski definition) is 1. The van der Waals surface area contributed by atoms with Crippen LogP contribution in [0.1, 0.15) is 48.6 Å². The van der Waals surface area contributed by atoms with Gasteiger partial charge in [-0.25, -0.2) is 0 Å². The van der Waals surface area contributed by atoms with Crippen LogP contribution in [0.15, 0.2) is 5.38 Å². The molecule has 0 saturated carbocycles. The first-order valence-corrected chi connectivity index (χ1v) is 6.88. The summed E-state index contributed by atoms with van der Waals surface area (Å²) in [7, 11) is 2.01. The summed E-state index contributed by atoms with van der Waals surface area (Å²) in [4.78, 5) is 1.59. The third-order valence-corrected chi connectivity index (χ3v) is 4.07. The SMILES string of the molecule is CCCCCCc1scc(CNC)c1C. The lowest BCUT2D eigenvalue weighted by molar-refractivity contribution is 0.669. The maximum absolute atomic E-state index is 3.22. The first-order chi connectivity index (χ1) is 7.29. The van der Waals surface area contributed by atoms with Crippen molar-refractivity contribution in [1.82, 2.24) is 5.32 Å². The molecule has 0 unspecified atom stereocenters. The molecule has 2 heteroatoms. The lowest BCUT2D eigenvalue weighted by Crippen LogP contribution is -2.05. The maximum Gasteiger partial charge on any atom is 0.0213 e. The minimum absolute atomic E-state index is 1.01. The lowest BCUT2D eigenvalue weighted by Gasteiger charge is -2.02. The highest BCUT2D eigenvalue weighted by molar-refractivity contribution is 7.10. The Hall–Kier alpha value is -0.340. The van der Waals surface area contributed by atoms with Crippen LogP contribution in [0.3, 0.4) is 0 Å². The molecule has 0 radical (unpaired) electrons. The molecule has 0 amide bonds. The molecule has 0 aliphatic carbocycles. The molecular formula is C13H23NS. The summed E-state index contributed by atoms with van der Waals surface area (Å²) in [6.07, 6.45) is 6.73. The van der Waals surface area contributed by atoms with Crippen LogP contribution >= 0.6 is 11.3 Å². The lowest BCUT2D eigenvalue weighted by atomic mass is 10.1. The first-order valence-electron chi connectivity index (χ1n) is 6.00. The molecule has 0 spiro atoms. The van der Waals surface area contributed by atoms with Gasteiger partial charge in [0.05, 0.1) is 0 Å². The second-order valence-electron chi connectivity index (χ2n) is 4.15. The van der Waals surface area contributed by atoms with Crippen molar-refractivity contribution in [2.45, 2.75) is 52.5 Å². The summed E-state index contributed by atoms with van der Waals surface area (Å²) in [5.41, 5.74) is 3.00. The van der Waals surface area contributed by atoms with Gasteiger partial charge in [-0.15, -0.1) is 11.3 Å². The van der Waals surface area contributed by atoms with E-state index in [0.29, 0.717) is 0 Å². The third-order valence-electron chi connectivity index (χ3n) is 2.87. The van der Waals surface area contributed by atoms with Crippen molar-refractivity contribution in [2.24, 2.45) is 0 Å². The summed E-state index contributed by atoms with van der Waals surface area (Å²) in [6.45, 7) is 5.54. The second kappa shape index (κ2) is 7.02. The molecule has 1 aromatic rings. The highest BCUT2D eigenvalue weighted by atomic mass is 32.1. The van der Waals surface area contributed by atoms with Crippen LogP contribution in [0, 0.1) is 6.92 Å². The quantitative estimate of drug-likeness (QED) is 0.694. The monoisotopic (exact) mass is 225 g/mol. The fourth-order valence-electron chi connectivity index (χ4n) is 1.82. The molecule has 0 atom stereocenters. The van der Waals surface area contributed by atoms with Crippen LogP contribution in [-0.2, 0) is 13.0 Å². The Morgan fingerprint density at radius 2 is 2.07 bits per heavy atom. The molecular weight excluding hydrogens is 202 g/mol. The van der Waals surface area contributed by atoms with Crippen LogP contribution in [0.5, 0.6) is 0 Å². The Bertz CT molecular complexity index is 278. The average Bonchev–Trinajstić information content (AvgIpc) is 2.57. The molecule has 0 aliphatic rings. The molecule has 1 nitrogen and oxygen atoms in total. The zero-order valence-corrected chi connectivity index (χ0v) is 11.0. The fraction of sp³-hybridized carbons (Fsp3) is 0.692.